The lowest BCUT2D eigenvalue weighted by Crippen LogP contribution is -2.45. The van der Waals surface area contributed by atoms with Gasteiger partial charge in [-0.25, -0.2) is 0 Å². The van der Waals surface area contributed by atoms with Gasteiger partial charge in [-0.05, 0) is 37.5 Å². The molecule has 1 fully saturated rings. The van der Waals surface area contributed by atoms with Gasteiger partial charge in [0.1, 0.15) is 0 Å². The smallest absolute Gasteiger partial charge is 0.179 e. The molecule has 2 rings (SSSR count). The molecule has 118 valence electrons. The maximum Gasteiger partial charge on any atom is 0.179 e. The highest BCUT2D eigenvalue weighted by atomic mass is 35.5. The zero-order chi connectivity index (χ0) is 15.3. The Kier molecular flexibility index (Phi) is 5.73. The fourth-order valence-corrected chi connectivity index (χ4v) is 3.23. The number of rotatable bonds is 7. The molecule has 0 radical (unpaired) electrons. The van der Waals surface area contributed by atoms with Crippen molar-refractivity contribution in [3.8, 4) is 11.5 Å². The predicted octanol–water partition coefficient (Wildman–Crippen LogP) is 3.14. The van der Waals surface area contributed by atoms with E-state index in [2.05, 4.69) is 5.32 Å². The topological polar surface area (TPSA) is 50.7 Å². The highest BCUT2D eigenvalue weighted by Crippen LogP contribution is 2.37. The first-order valence-corrected chi connectivity index (χ1v) is 7.87. The zero-order valence-electron chi connectivity index (χ0n) is 12.7. The molecular formula is C16H24ClNO3. The van der Waals surface area contributed by atoms with Crippen molar-refractivity contribution in [2.75, 3.05) is 20.3 Å². The summed E-state index contributed by atoms with van der Waals surface area (Å²) in [4.78, 5) is 0. The minimum Gasteiger partial charge on any atom is -0.491 e. The van der Waals surface area contributed by atoms with Gasteiger partial charge in [-0.2, -0.15) is 0 Å². The number of aliphatic hydroxyl groups is 1. The number of methoxy groups -OCH3 is 1. The van der Waals surface area contributed by atoms with E-state index < -0.39 is 0 Å². The molecule has 0 heterocycles. The van der Waals surface area contributed by atoms with E-state index in [1.807, 2.05) is 19.1 Å². The summed E-state index contributed by atoms with van der Waals surface area (Å²) in [5.41, 5.74) is 0.891. The quantitative estimate of drug-likeness (QED) is 0.812. The summed E-state index contributed by atoms with van der Waals surface area (Å²) in [7, 11) is 1.58. The molecule has 0 unspecified atom stereocenters. The standard InChI is InChI=1S/C16H24ClNO3/c1-3-21-14-9-12(8-13(17)15(14)20-2)10-18-16(11-19)6-4-5-7-16/h8-9,18-19H,3-7,10-11H2,1-2H3. The molecule has 0 aromatic heterocycles. The molecule has 0 bridgehead atoms. The number of benzene rings is 1. The van der Waals surface area contributed by atoms with Crippen LogP contribution in [0, 0.1) is 0 Å². The molecule has 0 saturated heterocycles. The first-order chi connectivity index (χ1) is 10.1. The molecule has 21 heavy (non-hydrogen) atoms. The van der Waals surface area contributed by atoms with Gasteiger partial charge in [0.05, 0.1) is 25.3 Å². The summed E-state index contributed by atoms with van der Waals surface area (Å²) in [5.74, 6) is 1.23. The van der Waals surface area contributed by atoms with Crippen molar-refractivity contribution in [3.05, 3.63) is 22.7 Å². The van der Waals surface area contributed by atoms with Gasteiger partial charge in [0.25, 0.3) is 0 Å². The Balaban J connectivity index is 2.12. The van der Waals surface area contributed by atoms with E-state index in [4.69, 9.17) is 21.1 Å². The van der Waals surface area contributed by atoms with Crippen LogP contribution in [0.1, 0.15) is 38.2 Å². The van der Waals surface area contributed by atoms with Crippen LogP contribution in [0.2, 0.25) is 5.02 Å². The summed E-state index contributed by atoms with van der Waals surface area (Å²) in [5, 5.41) is 13.7. The number of ether oxygens (including phenoxy) is 2. The fraction of sp³-hybridized carbons (Fsp3) is 0.625. The van der Waals surface area contributed by atoms with E-state index in [9.17, 15) is 5.11 Å². The Morgan fingerprint density at radius 2 is 2.05 bits per heavy atom. The Labute approximate surface area is 131 Å². The van der Waals surface area contributed by atoms with Crippen molar-refractivity contribution in [1.29, 1.82) is 0 Å². The van der Waals surface area contributed by atoms with Gasteiger partial charge >= 0.3 is 0 Å². The van der Waals surface area contributed by atoms with Crippen molar-refractivity contribution in [3.63, 3.8) is 0 Å². The molecule has 0 amide bonds. The van der Waals surface area contributed by atoms with Gasteiger partial charge in [0.2, 0.25) is 0 Å². The average molecular weight is 314 g/mol. The zero-order valence-corrected chi connectivity index (χ0v) is 13.5. The van der Waals surface area contributed by atoms with Crippen LogP contribution in [0.5, 0.6) is 11.5 Å². The highest BCUT2D eigenvalue weighted by molar-refractivity contribution is 6.32. The van der Waals surface area contributed by atoms with Gasteiger partial charge in [0.15, 0.2) is 11.5 Å². The summed E-state index contributed by atoms with van der Waals surface area (Å²) in [6.07, 6.45) is 4.37. The summed E-state index contributed by atoms with van der Waals surface area (Å²) in [6.45, 7) is 3.32. The molecular weight excluding hydrogens is 290 g/mol. The maximum atomic E-state index is 9.64. The van der Waals surface area contributed by atoms with E-state index in [-0.39, 0.29) is 12.1 Å². The second-order valence-electron chi connectivity index (χ2n) is 5.54. The van der Waals surface area contributed by atoms with Crippen LogP contribution in [0.15, 0.2) is 12.1 Å². The van der Waals surface area contributed by atoms with E-state index in [0.29, 0.717) is 29.7 Å². The van der Waals surface area contributed by atoms with Crippen LogP contribution in [0.4, 0.5) is 0 Å². The van der Waals surface area contributed by atoms with E-state index >= 15 is 0 Å². The number of halogens is 1. The van der Waals surface area contributed by atoms with Gasteiger partial charge in [-0.3, -0.25) is 0 Å². The lowest BCUT2D eigenvalue weighted by Gasteiger charge is -2.28. The lowest BCUT2D eigenvalue weighted by atomic mass is 9.98. The predicted molar refractivity (Wildman–Crippen MR) is 84.3 cm³/mol. The second kappa shape index (κ2) is 7.34. The van der Waals surface area contributed by atoms with Crippen molar-refractivity contribution in [1.82, 2.24) is 5.32 Å². The SMILES string of the molecule is CCOc1cc(CNC2(CO)CCCC2)cc(Cl)c1OC. The van der Waals surface area contributed by atoms with Crippen LogP contribution in [-0.2, 0) is 6.54 Å². The van der Waals surface area contributed by atoms with Crippen molar-refractivity contribution >= 4 is 11.6 Å². The molecule has 1 saturated carbocycles. The Morgan fingerprint density at radius 1 is 1.33 bits per heavy atom. The summed E-state index contributed by atoms with van der Waals surface area (Å²) < 4.78 is 10.9. The summed E-state index contributed by atoms with van der Waals surface area (Å²) in [6, 6.07) is 3.83. The Bertz CT molecular complexity index is 473. The first-order valence-electron chi connectivity index (χ1n) is 7.49. The molecule has 1 aromatic rings. The molecule has 5 heteroatoms. The van der Waals surface area contributed by atoms with Crippen LogP contribution in [-0.4, -0.2) is 31.0 Å². The number of hydrogen-bond acceptors (Lipinski definition) is 4. The van der Waals surface area contributed by atoms with Crippen LogP contribution in [0.25, 0.3) is 0 Å². The average Bonchev–Trinajstić information content (AvgIpc) is 2.95. The normalized spacial score (nSPS) is 17.0. The van der Waals surface area contributed by atoms with E-state index in [0.717, 1.165) is 18.4 Å². The maximum absolute atomic E-state index is 9.64. The van der Waals surface area contributed by atoms with Crippen molar-refractivity contribution in [2.24, 2.45) is 0 Å². The summed E-state index contributed by atoms with van der Waals surface area (Å²) >= 11 is 6.25. The molecule has 0 aliphatic heterocycles. The van der Waals surface area contributed by atoms with Crippen LogP contribution < -0.4 is 14.8 Å². The third-order valence-electron chi connectivity index (χ3n) is 4.10. The van der Waals surface area contributed by atoms with Gasteiger partial charge < -0.3 is 19.9 Å². The minimum atomic E-state index is -0.141. The number of nitrogens with one attached hydrogen (secondary N) is 1. The molecule has 0 atom stereocenters. The Morgan fingerprint density at radius 3 is 2.62 bits per heavy atom. The molecule has 4 nitrogen and oxygen atoms in total. The minimum absolute atomic E-state index is 0.141. The molecule has 1 aliphatic rings. The first kappa shape index (κ1) is 16.4. The third-order valence-corrected chi connectivity index (χ3v) is 4.38. The van der Waals surface area contributed by atoms with Gasteiger partial charge in [-0.15, -0.1) is 0 Å². The van der Waals surface area contributed by atoms with Crippen LogP contribution >= 0.6 is 11.6 Å². The van der Waals surface area contributed by atoms with Crippen LogP contribution in [0.3, 0.4) is 0 Å². The monoisotopic (exact) mass is 313 g/mol. The molecule has 2 N–H and O–H groups in total. The lowest BCUT2D eigenvalue weighted by molar-refractivity contribution is 0.163. The third kappa shape index (κ3) is 3.82. The second-order valence-corrected chi connectivity index (χ2v) is 5.95. The van der Waals surface area contributed by atoms with Gasteiger partial charge in [-0.1, -0.05) is 24.4 Å². The molecule has 1 aliphatic carbocycles. The Hall–Kier alpha value is -0.970. The van der Waals surface area contributed by atoms with Gasteiger partial charge in [0, 0.05) is 12.1 Å². The largest absolute Gasteiger partial charge is 0.491 e. The molecule has 0 spiro atoms. The van der Waals surface area contributed by atoms with E-state index in [1.54, 1.807) is 7.11 Å². The number of hydrogen-bond donors (Lipinski definition) is 2. The fourth-order valence-electron chi connectivity index (χ4n) is 2.92. The van der Waals surface area contributed by atoms with E-state index in [1.165, 1.54) is 12.8 Å². The molecule has 1 aromatic carbocycles. The van der Waals surface area contributed by atoms with Crippen molar-refractivity contribution < 1.29 is 14.6 Å². The van der Waals surface area contributed by atoms with Crippen molar-refractivity contribution in [2.45, 2.75) is 44.7 Å². The number of aliphatic hydroxyl groups excluding tert-OH is 1. The highest BCUT2D eigenvalue weighted by Gasteiger charge is 2.32.